The Kier molecular flexibility index (Phi) is 5.23. The summed E-state index contributed by atoms with van der Waals surface area (Å²) in [6.07, 6.45) is 0. The summed E-state index contributed by atoms with van der Waals surface area (Å²) < 4.78 is 1.50. The van der Waals surface area contributed by atoms with Gasteiger partial charge >= 0.3 is 0 Å². The van der Waals surface area contributed by atoms with E-state index in [1.807, 2.05) is 30.3 Å². The maximum absolute atomic E-state index is 12.9. The molecular formula is C19H17ClN4O3. The number of para-hydroxylation sites is 2. The van der Waals surface area contributed by atoms with Gasteiger partial charge in [0.15, 0.2) is 0 Å². The lowest BCUT2D eigenvalue weighted by atomic mass is 10.1. The Balaban J connectivity index is 1.91. The number of nitrogens with zero attached hydrogens (tertiary/aromatic N) is 4. The average Bonchev–Trinajstić information content (AvgIpc) is 2.96. The van der Waals surface area contributed by atoms with Crippen LogP contribution in [0.1, 0.15) is 21.6 Å². The summed E-state index contributed by atoms with van der Waals surface area (Å²) in [6, 6.07) is 15.6. The molecule has 7 nitrogen and oxygen atoms in total. The molecule has 138 valence electrons. The fourth-order valence-corrected chi connectivity index (χ4v) is 3.18. The van der Waals surface area contributed by atoms with Gasteiger partial charge in [-0.2, -0.15) is 5.10 Å². The van der Waals surface area contributed by atoms with Crippen molar-refractivity contribution < 1.29 is 9.72 Å². The molecule has 0 aliphatic heterocycles. The first kappa shape index (κ1) is 18.6. The van der Waals surface area contributed by atoms with Crippen LogP contribution in [0.25, 0.3) is 5.69 Å². The predicted octanol–water partition coefficient (Wildman–Crippen LogP) is 4.01. The quantitative estimate of drug-likeness (QED) is 0.491. The molecule has 0 saturated heterocycles. The zero-order valence-electron chi connectivity index (χ0n) is 14.8. The lowest BCUT2D eigenvalue weighted by Gasteiger charge is -2.17. The van der Waals surface area contributed by atoms with E-state index in [2.05, 4.69) is 5.10 Å². The fourth-order valence-electron chi connectivity index (χ4n) is 2.82. The highest BCUT2D eigenvalue weighted by Crippen LogP contribution is 2.26. The monoisotopic (exact) mass is 384 g/mol. The summed E-state index contributed by atoms with van der Waals surface area (Å²) in [6.45, 7) is 1.79. The van der Waals surface area contributed by atoms with E-state index in [1.54, 1.807) is 32.2 Å². The number of halogens is 1. The van der Waals surface area contributed by atoms with E-state index in [1.165, 1.54) is 15.6 Å². The molecule has 1 heterocycles. The van der Waals surface area contributed by atoms with Crippen molar-refractivity contribution in [2.75, 3.05) is 7.05 Å². The van der Waals surface area contributed by atoms with E-state index in [0.29, 0.717) is 11.3 Å². The minimum atomic E-state index is -0.459. The topological polar surface area (TPSA) is 81.3 Å². The van der Waals surface area contributed by atoms with E-state index >= 15 is 0 Å². The van der Waals surface area contributed by atoms with Crippen LogP contribution in [0.5, 0.6) is 0 Å². The molecule has 0 unspecified atom stereocenters. The first-order valence-corrected chi connectivity index (χ1v) is 8.56. The lowest BCUT2D eigenvalue weighted by molar-refractivity contribution is -0.385. The van der Waals surface area contributed by atoms with Gasteiger partial charge in [-0.15, -0.1) is 0 Å². The Hall–Kier alpha value is -3.19. The molecule has 0 bridgehead atoms. The SMILES string of the molecule is Cc1nn(-c2ccccc2)c(Cl)c1C(=O)N(C)Cc1ccccc1[N+](=O)[O-]. The van der Waals surface area contributed by atoms with Crippen molar-refractivity contribution in [1.29, 1.82) is 0 Å². The average molecular weight is 385 g/mol. The summed E-state index contributed by atoms with van der Waals surface area (Å²) in [5, 5.41) is 15.8. The molecule has 2 aromatic carbocycles. The fraction of sp³-hybridized carbons (Fsp3) is 0.158. The van der Waals surface area contributed by atoms with Gasteiger partial charge in [-0.1, -0.05) is 48.0 Å². The van der Waals surface area contributed by atoms with Crippen molar-refractivity contribution in [3.05, 3.63) is 86.7 Å². The van der Waals surface area contributed by atoms with E-state index in [4.69, 9.17) is 11.6 Å². The molecule has 3 rings (SSSR count). The lowest BCUT2D eigenvalue weighted by Crippen LogP contribution is -2.27. The molecule has 0 aliphatic carbocycles. The van der Waals surface area contributed by atoms with Crippen LogP contribution in [0.15, 0.2) is 54.6 Å². The maximum atomic E-state index is 12.9. The standard InChI is InChI=1S/C19H17ClN4O3/c1-13-17(18(20)23(21-13)15-9-4-3-5-10-15)19(25)22(2)12-14-8-6-7-11-16(14)24(26)27/h3-11H,12H2,1-2H3. The Morgan fingerprint density at radius 1 is 1.19 bits per heavy atom. The molecule has 0 spiro atoms. The molecule has 3 aromatic rings. The molecule has 8 heteroatoms. The van der Waals surface area contributed by atoms with Crippen molar-refractivity contribution in [1.82, 2.24) is 14.7 Å². The number of nitro groups is 1. The van der Waals surface area contributed by atoms with Crippen LogP contribution in [0, 0.1) is 17.0 Å². The van der Waals surface area contributed by atoms with Gasteiger partial charge in [-0.05, 0) is 19.1 Å². The molecule has 0 atom stereocenters. The minimum Gasteiger partial charge on any atom is -0.337 e. The third kappa shape index (κ3) is 3.68. The number of amides is 1. The predicted molar refractivity (Wildman–Crippen MR) is 102 cm³/mol. The Morgan fingerprint density at radius 2 is 1.81 bits per heavy atom. The summed E-state index contributed by atoms with van der Waals surface area (Å²) in [4.78, 5) is 25.1. The second-order valence-corrected chi connectivity index (χ2v) is 6.40. The van der Waals surface area contributed by atoms with E-state index in [-0.39, 0.29) is 28.9 Å². The smallest absolute Gasteiger partial charge is 0.274 e. The molecule has 0 N–H and O–H groups in total. The van der Waals surface area contributed by atoms with Crippen molar-refractivity contribution in [2.24, 2.45) is 0 Å². The van der Waals surface area contributed by atoms with Crippen molar-refractivity contribution in [3.8, 4) is 5.69 Å². The van der Waals surface area contributed by atoms with Crippen molar-refractivity contribution in [3.63, 3.8) is 0 Å². The number of carbonyl (C=O) groups is 1. The highest BCUT2D eigenvalue weighted by molar-refractivity contribution is 6.33. The molecule has 27 heavy (non-hydrogen) atoms. The second-order valence-electron chi connectivity index (χ2n) is 6.05. The minimum absolute atomic E-state index is 0.0278. The number of hydrogen-bond donors (Lipinski definition) is 0. The molecule has 0 saturated carbocycles. The maximum Gasteiger partial charge on any atom is 0.274 e. The number of benzene rings is 2. The van der Waals surface area contributed by atoms with Crippen LogP contribution in [0.2, 0.25) is 5.15 Å². The first-order valence-electron chi connectivity index (χ1n) is 8.18. The van der Waals surface area contributed by atoms with Crippen molar-refractivity contribution >= 4 is 23.2 Å². The normalized spacial score (nSPS) is 10.6. The summed E-state index contributed by atoms with van der Waals surface area (Å²) >= 11 is 6.43. The van der Waals surface area contributed by atoms with Crippen LogP contribution in [-0.2, 0) is 6.54 Å². The number of hydrogen-bond acceptors (Lipinski definition) is 4. The number of carbonyl (C=O) groups excluding carboxylic acids is 1. The van der Waals surface area contributed by atoms with Gasteiger partial charge in [0.2, 0.25) is 0 Å². The number of rotatable bonds is 5. The van der Waals surface area contributed by atoms with Crippen LogP contribution in [0.4, 0.5) is 5.69 Å². The van der Waals surface area contributed by atoms with Gasteiger partial charge in [-0.25, -0.2) is 4.68 Å². The number of nitro benzene ring substituents is 1. The molecule has 1 amide bonds. The molecular weight excluding hydrogens is 368 g/mol. The van der Waals surface area contributed by atoms with E-state index in [0.717, 1.165) is 5.69 Å². The molecule has 0 fully saturated rings. The number of aryl methyl sites for hydroxylation is 1. The van der Waals surface area contributed by atoms with Gasteiger partial charge < -0.3 is 4.90 Å². The van der Waals surface area contributed by atoms with Crippen LogP contribution >= 0.6 is 11.6 Å². The zero-order valence-corrected chi connectivity index (χ0v) is 15.6. The highest BCUT2D eigenvalue weighted by Gasteiger charge is 2.25. The second kappa shape index (κ2) is 7.59. The Morgan fingerprint density at radius 3 is 2.48 bits per heavy atom. The summed E-state index contributed by atoms with van der Waals surface area (Å²) in [5.41, 5.74) is 1.93. The van der Waals surface area contributed by atoms with Gasteiger partial charge in [0, 0.05) is 18.7 Å². The summed E-state index contributed by atoms with van der Waals surface area (Å²) in [7, 11) is 1.58. The van der Waals surface area contributed by atoms with Gasteiger partial charge in [0.25, 0.3) is 11.6 Å². The third-order valence-corrected chi connectivity index (χ3v) is 4.51. The largest absolute Gasteiger partial charge is 0.337 e. The third-order valence-electron chi connectivity index (χ3n) is 4.16. The van der Waals surface area contributed by atoms with Crippen LogP contribution < -0.4 is 0 Å². The highest BCUT2D eigenvalue weighted by atomic mass is 35.5. The van der Waals surface area contributed by atoms with Gasteiger partial charge in [0.1, 0.15) is 5.15 Å². The van der Waals surface area contributed by atoms with Crippen LogP contribution in [0.3, 0.4) is 0 Å². The molecule has 0 radical (unpaired) electrons. The zero-order chi connectivity index (χ0) is 19.6. The summed E-state index contributed by atoms with van der Waals surface area (Å²) in [5.74, 6) is -0.349. The van der Waals surface area contributed by atoms with Crippen molar-refractivity contribution in [2.45, 2.75) is 13.5 Å². The molecule has 0 aliphatic rings. The Labute approximate surface area is 160 Å². The first-order chi connectivity index (χ1) is 12.9. The molecule has 1 aromatic heterocycles. The van der Waals surface area contributed by atoms with Gasteiger partial charge in [0.05, 0.1) is 28.4 Å². The van der Waals surface area contributed by atoms with Crippen LogP contribution in [-0.4, -0.2) is 32.6 Å². The van der Waals surface area contributed by atoms with Gasteiger partial charge in [-0.3, -0.25) is 14.9 Å². The number of aromatic nitrogens is 2. The van der Waals surface area contributed by atoms with E-state index in [9.17, 15) is 14.9 Å². The Bertz CT molecular complexity index is 1000. The van der Waals surface area contributed by atoms with E-state index < -0.39 is 4.92 Å².